The van der Waals surface area contributed by atoms with Gasteiger partial charge in [0.25, 0.3) is 0 Å². The van der Waals surface area contributed by atoms with Crippen molar-refractivity contribution >= 4 is 0 Å². The molecule has 1 aromatic rings. The average Bonchev–Trinajstić information content (AvgIpc) is 3.28. The van der Waals surface area contributed by atoms with Crippen LogP contribution in [0.3, 0.4) is 0 Å². The van der Waals surface area contributed by atoms with Gasteiger partial charge in [-0.2, -0.15) is 0 Å². The fraction of sp³-hybridized carbons (Fsp3) is 0.750. The smallest absolute Gasteiger partial charge is 0.119 e. The van der Waals surface area contributed by atoms with Gasteiger partial charge in [0.05, 0.1) is 6.61 Å². The maximum Gasteiger partial charge on any atom is 0.119 e. The largest absolute Gasteiger partial charge is 0.494 e. The molecule has 0 N–H and O–H groups in total. The molecule has 162 valence electrons. The Bertz CT molecular complexity index is 601. The first-order chi connectivity index (χ1) is 14.2. The highest BCUT2D eigenvalue weighted by atomic mass is 16.5. The second-order valence-corrected chi connectivity index (χ2v) is 9.25. The summed E-state index contributed by atoms with van der Waals surface area (Å²) in [6.07, 6.45) is 6.09. The number of nitrogens with zero attached hydrogens (tertiary/aromatic N) is 3. The van der Waals surface area contributed by atoms with E-state index in [-0.39, 0.29) is 5.41 Å². The fourth-order valence-corrected chi connectivity index (χ4v) is 5.12. The third-order valence-corrected chi connectivity index (χ3v) is 7.12. The highest BCUT2D eigenvalue weighted by Gasteiger charge is 2.36. The molecule has 29 heavy (non-hydrogen) atoms. The molecule has 3 saturated heterocycles. The van der Waals surface area contributed by atoms with Crippen molar-refractivity contribution in [2.24, 2.45) is 0 Å². The predicted molar refractivity (Wildman–Crippen MR) is 118 cm³/mol. The Hall–Kier alpha value is -1.14. The summed E-state index contributed by atoms with van der Waals surface area (Å²) in [6.45, 7) is 12.2. The topological polar surface area (TPSA) is 28.2 Å². The number of benzene rings is 1. The first-order valence-electron chi connectivity index (χ1n) is 11.7. The lowest BCUT2D eigenvalue weighted by molar-refractivity contribution is 0.0261. The van der Waals surface area contributed by atoms with E-state index in [4.69, 9.17) is 9.47 Å². The van der Waals surface area contributed by atoms with Crippen LogP contribution in [0.25, 0.3) is 0 Å². The molecule has 0 amide bonds. The van der Waals surface area contributed by atoms with E-state index in [1.807, 2.05) is 0 Å². The second-order valence-electron chi connectivity index (χ2n) is 9.25. The molecule has 0 aromatic heterocycles. The summed E-state index contributed by atoms with van der Waals surface area (Å²) in [7, 11) is 2.23. The lowest BCUT2D eigenvalue weighted by Gasteiger charge is -2.43. The van der Waals surface area contributed by atoms with E-state index >= 15 is 0 Å². The molecular weight excluding hydrogens is 362 g/mol. The zero-order valence-corrected chi connectivity index (χ0v) is 18.3. The van der Waals surface area contributed by atoms with Gasteiger partial charge in [0.15, 0.2) is 0 Å². The average molecular weight is 402 g/mol. The third kappa shape index (κ3) is 5.72. The maximum absolute atomic E-state index is 6.04. The van der Waals surface area contributed by atoms with Gasteiger partial charge in [-0.25, -0.2) is 0 Å². The van der Waals surface area contributed by atoms with Crippen molar-refractivity contribution in [3.8, 4) is 5.75 Å². The number of hydrogen-bond donors (Lipinski definition) is 0. The van der Waals surface area contributed by atoms with Crippen LogP contribution < -0.4 is 4.74 Å². The van der Waals surface area contributed by atoms with Crippen LogP contribution in [0.5, 0.6) is 5.75 Å². The minimum absolute atomic E-state index is 0.225. The number of rotatable bonds is 8. The molecule has 3 aliphatic rings. The molecule has 3 fully saturated rings. The third-order valence-electron chi connectivity index (χ3n) is 7.12. The normalized spacial score (nSPS) is 24.0. The van der Waals surface area contributed by atoms with Crippen LogP contribution in [-0.4, -0.2) is 93.9 Å². The van der Waals surface area contributed by atoms with Gasteiger partial charge >= 0.3 is 0 Å². The number of hydrogen-bond acceptors (Lipinski definition) is 5. The minimum atomic E-state index is 0.225. The fourth-order valence-electron chi connectivity index (χ4n) is 5.12. The van der Waals surface area contributed by atoms with Crippen molar-refractivity contribution < 1.29 is 9.47 Å². The van der Waals surface area contributed by atoms with Crippen LogP contribution in [0.2, 0.25) is 0 Å². The van der Waals surface area contributed by atoms with Crippen LogP contribution >= 0.6 is 0 Å². The summed E-state index contributed by atoms with van der Waals surface area (Å²) >= 11 is 0. The Morgan fingerprint density at radius 1 is 0.897 bits per heavy atom. The maximum atomic E-state index is 6.04. The van der Waals surface area contributed by atoms with E-state index in [0.717, 1.165) is 51.4 Å². The quantitative estimate of drug-likeness (QED) is 0.625. The van der Waals surface area contributed by atoms with Crippen LogP contribution in [0.1, 0.15) is 37.7 Å². The van der Waals surface area contributed by atoms with Crippen molar-refractivity contribution in [3.05, 3.63) is 29.8 Å². The Morgan fingerprint density at radius 2 is 1.59 bits per heavy atom. The molecule has 0 spiro atoms. The van der Waals surface area contributed by atoms with Crippen LogP contribution in [0.15, 0.2) is 24.3 Å². The lowest BCUT2D eigenvalue weighted by atomic mass is 9.73. The molecule has 4 rings (SSSR count). The monoisotopic (exact) mass is 401 g/mol. The molecular formula is C24H39N3O2. The second kappa shape index (κ2) is 10.3. The standard InChI is InChI=1S/C24H39N3O2/c1-25-14-16-27(17-15-25)21-24(9-19-28-20-10-24)22-5-7-23(8-6-22)29-18-4-13-26-11-2-3-12-26/h5-8H,2-4,9-21H2,1H3. The van der Waals surface area contributed by atoms with Gasteiger partial charge in [-0.3, -0.25) is 4.90 Å². The molecule has 3 aliphatic heterocycles. The van der Waals surface area contributed by atoms with Gasteiger partial charge in [-0.1, -0.05) is 12.1 Å². The Kier molecular flexibility index (Phi) is 7.46. The first-order valence-corrected chi connectivity index (χ1v) is 11.7. The Morgan fingerprint density at radius 3 is 2.28 bits per heavy atom. The summed E-state index contributed by atoms with van der Waals surface area (Å²) in [5.74, 6) is 1.01. The van der Waals surface area contributed by atoms with Crippen molar-refractivity contribution in [2.45, 2.75) is 37.5 Å². The highest BCUT2D eigenvalue weighted by Crippen LogP contribution is 2.36. The van der Waals surface area contributed by atoms with Crippen LogP contribution in [0.4, 0.5) is 0 Å². The summed E-state index contributed by atoms with van der Waals surface area (Å²) < 4.78 is 11.8. The van der Waals surface area contributed by atoms with E-state index in [1.165, 1.54) is 64.2 Å². The van der Waals surface area contributed by atoms with Crippen LogP contribution in [-0.2, 0) is 10.2 Å². The number of ether oxygens (including phenoxy) is 2. The Balaban J connectivity index is 1.32. The van der Waals surface area contributed by atoms with Gasteiger partial charge in [0, 0.05) is 57.9 Å². The summed E-state index contributed by atoms with van der Waals surface area (Å²) in [5, 5.41) is 0. The molecule has 5 nitrogen and oxygen atoms in total. The molecule has 0 unspecified atom stereocenters. The number of piperazine rings is 1. The van der Waals surface area contributed by atoms with Gasteiger partial charge in [-0.15, -0.1) is 0 Å². The zero-order valence-electron chi connectivity index (χ0n) is 18.3. The first kappa shape index (κ1) is 21.1. The summed E-state index contributed by atoms with van der Waals surface area (Å²) in [5.41, 5.74) is 1.69. The highest BCUT2D eigenvalue weighted by molar-refractivity contribution is 5.33. The zero-order chi connectivity index (χ0) is 19.9. The molecule has 0 aliphatic carbocycles. The summed E-state index contributed by atoms with van der Waals surface area (Å²) in [4.78, 5) is 7.65. The molecule has 0 atom stereocenters. The van der Waals surface area contributed by atoms with E-state index in [1.54, 1.807) is 0 Å². The molecule has 5 heteroatoms. The molecule has 1 aromatic carbocycles. The van der Waals surface area contributed by atoms with Gasteiger partial charge in [-0.05, 0) is 69.9 Å². The molecule has 0 radical (unpaired) electrons. The van der Waals surface area contributed by atoms with E-state index in [2.05, 4.69) is 46.0 Å². The molecule has 0 bridgehead atoms. The van der Waals surface area contributed by atoms with Gasteiger partial charge in [0.1, 0.15) is 5.75 Å². The van der Waals surface area contributed by atoms with Crippen molar-refractivity contribution in [1.82, 2.24) is 14.7 Å². The van der Waals surface area contributed by atoms with Crippen molar-refractivity contribution in [3.63, 3.8) is 0 Å². The summed E-state index contributed by atoms with van der Waals surface area (Å²) in [6, 6.07) is 9.01. The number of likely N-dealkylation sites (N-methyl/N-ethyl adjacent to an activating group) is 1. The predicted octanol–water partition coefficient (Wildman–Crippen LogP) is 2.85. The minimum Gasteiger partial charge on any atom is -0.494 e. The van der Waals surface area contributed by atoms with Gasteiger partial charge in [0.2, 0.25) is 0 Å². The van der Waals surface area contributed by atoms with E-state index < -0.39 is 0 Å². The molecule has 0 saturated carbocycles. The molecule has 3 heterocycles. The van der Waals surface area contributed by atoms with E-state index in [0.29, 0.717) is 0 Å². The SMILES string of the molecule is CN1CCN(CC2(c3ccc(OCCCN4CCCC4)cc3)CCOCC2)CC1. The number of likely N-dealkylation sites (tertiary alicyclic amines) is 1. The Labute approximate surface area is 176 Å². The van der Waals surface area contributed by atoms with Crippen molar-refractivity contribution in [1.29, 1.82) is 0 Å². The lowest BCUT2D eigenvalue weighted by Crippen LogP contribution is -2.51. The van der Waals surface area contributed by atoms with Crippen LogP contribution in [0, 0.1) is 0 Å². The van der Waals surface area contributed by atoms with E-state index in [9.17, 15) is 0 Å². The van der Waals surface area contributed by atoms with Crippen molar-refractivity contribution in [2.75, 3.05) is 79.2 Å². The van der Waals surface area contributed by atoms with Gasteiger partial charge < -0.3 is 19.3 Å².